The van der Waals surface area contributed by atoms with E-state index in [2.05, 4.69) is 26.7 Å². The first kappa shape index (κ1) is 21.2. The molecule has 162 valence electrons. The van der Waals surface area contributed by atoms with Crippen molar-refractivity contribution in [3.63, 3.8) is 0 Å². The number of ether oxygens (including phenoxy) is 1. The molecule has 2 fully saturated rings. The first-order chi connectivity index (χ1) is 14.6. The van der Waals surface area contributed by atoms with Gasteiger partial charge in [-0.15, -0.1) is 0 Å². The maximum absolute atomic E-state index is 12.9. The highest BCUT2D eigenvalue weighted by atomic mass is 32.2. The summed E-state index contributed by atoms with van der Waals surface area (Å²) in [6.07, 6.45) is 4.18. The molecule has 2 aromatic rings. The highest BCUT2D eigenvalue weighted by molar-refractivity contribution is 7.89. The van der Waals surface area contributed by atoms with Crippen LogP contribution in [0, 0.1) is 0 Å². The van der Waals surface area contributed by atoms with Gasteiger partial charge in [-0.05, 0) is 49.2 Å². The molecule has 1 saturated carbocycles. The minimum Gasteiger partial charge on any atom is -0.497 e. The van der Waals surface area contributed by atoms with Gasteiger partial charge in [0.1, 0.15) is 5.75 Å². The van der Waals surface area contributed by atoms with E-state index in [0.29, 0.717) is 4.90 Å². The van der Waals surface area contributed by atoms with E-state index in [4.69, 9.17) is 4.74 Å². The fourth-order valence-corrected chi connectivity index (χ4v) is 5.98. The molecule has 2 atom stereocenters. The van der Waals surface area contributed by atoms with Gasteiger partial charge in [-0.25, -0.2) is 13.1 Å². The molecule has 1 N–H and O–H groups in total. The normalized spacial score (nSPS) is 23.3. The molecule has 7 heteroatoms. The van der Waals surface area contributed by atoms with Crippen LogP contribution in [0.5, 0.6) is 5.75 Å². The highest BCUT2D eigenvalue weighted by Crippen LogP contribution is 2.27. The summed E-state index contributed by atoms with van der Waals surface area (Å²) in [5.41, 5.74) is 1.21. The van der Waals surface area contributed by atoms with Gasteiger partial charge in [-0.2, -0.15) is 0 Å². The Morgan fingerprint density at radius 2 is 1.57 bits per heavy atom. The van der Waals surface area contributed by atoms with Crippen molar-refractivity contribution in [3.8, 4) is 5.75 Å². The zero-order valence-electron chi connectivity index (χ0n) is 17.5. The Labute approximate surface area is 179 Å². The van der Waals surface area contributed by atoms with E-state index < -0.39 is 10.0 Å². The standard InChI is InChI=1S/C23H31N3O3S/c1-29-20-13-11-19(12-14-20)25-15-17-26(18-16-25)23-10-6-5-9-22(23)24-30(27,28)21-7-3-2-4-8-21/h2-4,7-8,11-14,22-24H,5-6,9-10,15-18H2,1H3/t22-,23-/m1/s1. The van der Waals surface area contributed by atoms with Crippen LogP contribution in [-0.2, 0) is 10.0 Å². The molecule has 2 aromatic carbocycles. The molecule has 0 aromatic heterocycles. The number of nitrogens with one attached hydrogen (secondary N) is 1. The van der Waals surface area contributed by atoms with Crippen molar-refractivity contribution in [2.24, 2.45) is 0 Å². The summed E-state index contributed by atoms with van der Waals surface area (Å²) < 4.78 is 34.0. The third kappa shape index (κ3) is 4.79. The number of benzene rings is 2. The van der Waals surface area contributed by atoms with Crippen LogP contribution in [0.4, 0.5) is 5.69 Å². The summed E-state index contributed by atoms with van der Waals surface area (Å²) in [4.78, 5) is 5.22. The first-order valence-electron chi connectivity index (χ1n) is 10.8. The average molecular weight is 430 g/mol. The molecule has 1 heterocycles. The van der Waals surface area contributed by atoms with Gasteiger partial charge in [0.2, 0.25) is 10.0 Å². The number of methoxy groups -OCH3 is 1. The Morgan fingerprint density at radius 1 is 0.900 bits per heavy atom. The van der Waals surface area contributed by atoms with Gasteiger partial charge in [0.05, 0.1) is 12.0 Å². The van der Waals surface area contributed by atoms with Crippen LogP contribution in [0.2, 0.25) is 0 Å². The van der Waals surface area contributed by atoms with Gasteiger partial charge in [0.15, 0.2) is 0 Å². The lowest BCUT2D eigenvalue weighted by molar-refractivity contribution is 0.124. The highest BCUT2D eigenvalue weighted by Gasteiger charge is 2.34. The number of rotatable bonds is 6. The Kier molecular flexibility index (Phi) is 6.61. The van der Waals surface area contributed by atoms with E-state index in [1.165, 1.54) is 5.69 Å². The van der Waals surface area contributed by atoms with Crippen molar-refractivity contribution in [2.75, 3.05) is 38.2 Å². The maximum Gasteiger partial charge on any atom is 0.240 e. The molecule has 0 amide bonds. The molecule has 30 heavy (non-hydrogen) atoms. The van der Waals surface area contributed by atoms with Gasteiger partial charge < -0.3 is 9.64 Å². The van der Waals surface area contributed by atoms with Crippen LogP contribution >= 0.6 is 0 Å². The lowest BCUT2D eigenvalue weighted by atomic mass is 9.89. The van der Waals surface area contributed by atoms with E-state index in [9.17, 15) is 8.42 Å². The Morgan fingerprint density at radius 3 is 2.23 bits per heavy atom. The quantitative estimate of drug-likeness (QED) is 0.765. The molecule has 6 nitrogen and oxygen atoms in total. The third-order valence-corrected chi connectivity index (χ3v) is 7.82. The molecule has 1 saturated heterocycles. The van der Waals surface area contributed by atoms with E-state index in [1.807, 2.05) is 18.2 Å². The number of piperazine rings is 1. The molecule has 4 rings (SSSR count). The monoisotopic (exact) mass is 429 g/mol. The van der Waals surface area contributed by atoms with Crippen molar-refractivity contribution in [2.45, 2.75) is 42.7 Å². The van der Waals surface area contributed by atoms with Crippen molar-refractivity contribution in [3.05, 3.63) is 54.6 Å². The summed E-state index contributed by atoms with van der Waals surface area (Å²) in [6, 6.07) is 17.1. The maximum atomic E-state index is 12.9. The molecule has 1 aliphatic heterocycles. The van der Waals surface area contributed by atoms with E-state index >= 15 is 0 Å². The van der Waals surface area contributed by atoms with E-state index in [1.54, 1.807) is 31.4 Å². The Balaban J connectivity index is 1.40. The smallest absolute Gasteiger partial charge is 0.240 e. The van der Waals surface area contributed by atoms with Crippen LogP contribution < -0.4 is 14.4 Å². The second kappa shape index (κ2) is 9.37. The van der Waals surface area contributed by atoms with Crippen LogP contribution in [0.25, 0.3) is 0 Å². The fraction of sp³-hybridized carbons (Fsp3) is 0.478. The van der Waals surface area contributed by atoms with Crippen LogP contribution in [0.15, 0.2) is 59.5 Å². The molecule has 1 aliphatic carbocycles. The Bertz CT molecular complexity index is 910. The second-order valence-electron chi connectivity index (χ2n) is 8.11. The van der Waals surface area contributed by atoms with Crippen molar-refractivity contribution in [1.82, 2.24) is 9.62 Å². The summed E-state index contributed by atoms with van der Waals surface area (Å²) in [6.45, 7) is 3.78. The minimum atomic E-state index is -3.49. The first-order valence-corrected chi connectivity index (χ1v) is 12.3. The molecule has 2 aliphatic rings. The topological polar surface area (TPSA) is 61.9 Å². The van der Waals surface area contributed by atoms with Gasteiger partial charge in [0, 0.05) is 44.0 Å². The Hall–Kier alpha value is -2.09. The number of hydrogen-bond donors (Lipinski definition) is 1. The largest absolute Gasteiger partial charge is 0.497 e. The molecule has 0 unspecified atom stereocenters. The average Bonchev–Trinajstić information content (AvgIpc) is 2.80. The number of sulfonamides is 1. The lowest BCUT2D eigenvalue weighted by Crippen LogP contribution is -2.58. The van der Waals surface area contributed by atoms with Crippen LogP contribution in [0.1, 0.15) is 25.7 Å². The third-order valence-electron chi connectivity index (χ3n) is 6.31. The summed E-state index contributed by atoms with van der Waals surface area (Å²) in [5.74, 6) is 0.869. The van der Waals surface area contributed by atoms with E-state index in [-0.39, 0.29) is 12.1 Å². The summed E-state index contributed by atoms with van der Waals surface area (Å²) in [5, 5.41) is 0. The molecular formula is C23H31N3O3S. The van der Waals surface area contributed by atoms with Gasteiger partial charge >= 0.3 is 0 Å². The zero-order chi connectivity index (χ0) is 21.0. The number of hydrogen-bond acceptors (Lipinski definition) is 5. The SMILES string of the molecule is COc1ccc(N2CCN([C@@H]3CCCC[C@H]3NS(=O)(=O)c3ccccc3)CC2)cc1. The van der Waals surface area contributed by atoms with Crippen molar-refractivity contribution < 1.29 is 13.2 Å². The zero-order valence-corrected chi connectivity index (χ0v) is 18.4. The predicted molar refractivity (Wildman–Crippen MR) is 120 cm³/mol. The minimum absolute atomic E-state index is 0.0310. The van der Waals surface area contributed by atoms with Crippen LogP contribution in [-0.4, -0.2) is 58.7 Å². The lowest BCUT2D eigenvalue weighted by Gasteiger charge is -2.44. The number of nitrogens with zero attached hydrogens (tertiary/aromatic N) is 2. The predicted octanol–water partition coefficient (Wildman–Crippen LogP) is 3.11. The van der Waals surface area contributed by atoms with Gasteiger partial charge in [-0.1, -0.05) is 31.0 Å². The molecule has 0 bridgehead atoms. The van der Waals surface area contributed by atoms with Crippen molar-refractivity contribution >= 4 is 15.7 Å². The summed E-state index contributed by atoms with van der Waals surface area (Å²) in [7, 11) is -1.81. The molecule has 0 spiro atoms. The van der Waals surface area contributed by atoms with E-state index in [0.717, 1.165) is 57.6 Å². The second-order valence-corrected chi connectivity index (χ2v) is 9.83. The van der Waals surface area contributed by atoms with Gasteiger partial charge in [-0.3, -0.25) is 4.90 Å². The van der Waals surface area contributed by atoms with Gasteiger partial charge in [0.25, 0.3) is 0 Å². The van der Waals surface area contributed by atoms with Crippen LogP contribution in [0.3, 0.4) is 0 Å². The number of anilines is 1. The molecular weight excluding hydrogens is 398 g/mol. The van der Waals surface area contributed by atoms with Crippen molar-refractivity contribution in [1.29, 1.82) is 0 Å². The molecule has 0 radical (unpaired) electrons. The summed E-state index contributed by atoms with van der Waals surface area (Å²) >= 11 is 0. The fourth-order valence-electron chi connectivity index (χ4n) is 4.66.